The van der Waals surface area contributed by atoms with Gasteiger partial charge in [0, 0.05) is 6.54 Å². The van der Waals surface area contributed by atoms with Gasteiger partial charge in [0.15, 0.2) is 0 Å². The van der Waals surface area contributed by atoms with Gasteiger partial charge in [-0.1, -0.05) is 18.2 Å². The Balaban J connectivity index is 2.12. The Morgan fingerprint density at radius 3 is 2.65 bits per heavy atom. The number of aromatic amines is 1. The van der Waals surface area contributed by atoms with E-state index in [9.17, 15) is 18.0 Å². The number of nitrogens with zero attached hydrogens (tertiary/aromatic N) is 1. The molecule has 0 atom stereocenters. The number of amides is 1. The Hall–Kier alpha value is -1.83. The zero-order chi connectivity index (χ0) is 14.8. The second kappa shape index (κ2) is 5.66. The average Bonchev–Trinajstić information content (AvgIpc) is 2.81. The molecule has 0 unspecified atom stereocenters. The van der Waals surface area contributed by atoms with Crippen molar-refractivity contribution in [1.82, 2.24) is 15.5 Å². The molecule has 2 aromatic rings. The van der Waals surface area contributed by atoms with Gasteiger partial charge in [-0.3, -0.25) is 9.89 Å². The molecule has 0 saturated heterocycles. The van der Waals surface area contributed by atoms with Gasteiger partial charge in [-0.25, -0.2) is 0 Å². The van der Waals surface area contributed by atoms with E-state index in [4.69, 9.17) is 0 Å². The molecule has 0 fully saturated rings. The first kappa shape index (κ1) is 14.6. The third-order valence-electron chi connectivity index (χ3n) is 2.58. The number of nitrogens with one attached hydrogen (secondary N) is 2. The van der Waals surface area contributed by atoms with Crippen LogP contribution in [0.3, 0.4) is 0 Å². The van der Waals surface area contributed by atoms with Crippen molar-refractivity contribution in [2.75, 3.05) is 0 Å². The summed E-state index contributed by atoms with van der Waals surface area (Å²) in [5.41, 5.74) is -0.595. The Morgan fingerprint density at radius 1 is 1.35 bits per heavy atom. The zero-order valence-electron chi connectivity index (χ0n) is 9.96. The van der Waals surface area contributed by atoms with Gasteiger partial charge in [-0.2, -0.15) is 18.3 Å². The SMILES string of the molecule is O=C(NCc1ccccc1C(F)(F)F)c1[nH]ncc1Br. The molecule has 4 nitrogen and oxygen atoms in total. The fraction of sp³-hybridized carbons (Fsp3) is 0.167. The van der Waals surface area contributed by atoms with E-state index >= 15 is 0 Å². The second-order valence-corrected chi connectivity index (χ2v) is 4.78. The quantitative estimate of drug-likeness (QED) is 0.896. The number of H-pyrrole nitrogens is 1. The molecule has 0 spiro atoms. The van der Waals surface area contributed by atoms with Gasteiger partial charge in [0.25, 0.3) is 5.91 Å². The number of hydrogen-bond acceptors (Lipinski definition) is 2. The maximum absolute atomic E-state index is 12.8. The molecule has 0 aliphatic rings. The average molecular weight is 348 g/mol. The smallest absolute Gasteiger partial charge is 0.347 e. The van der Waals surface area contributed by atoms with E-state index in [-0.39, 0.29) is 17.8 Å². The Labute approximate surface area is 120 Å². The lowest BCUT2D eigenvalue weighted by Gasteiger charge is -2.13. The van der Waals surface area contributed by atoms with Crippen LogP contribution < -0.4 is 5.32 Å². The number of carbonyl (C=O) groups excluding carboxylic acids is 1. The van der Waals surface area contributed by atoms with Crippen molar-refractivity contribution in [1.29, 1.82) is 0 Å². The van der Waals surface area contributed by atoms with Crippen LogP contribution >= 0.6 is 15.9 Å². The first-order chi connectivity index (χ1) is 9.39. The van der Waals surface area contributed by atoms with Crippen molar-refractivity contribution in [3.63, 3.8) is 0 Å². The predicted octanol–water partition coefficient (Wildman–Crippen LogP) is 3.12. The molecule has 1 amide bonds. The molecule has 0 aliphatic heterocycles. The Bertz CT molecular complexity index is 624. The van der Waals surface area contributed by atoms with Crippen LogP contribution in [0.25, 0.3) is 0 Å². The topological polar surface area (TPSA) is 57.8 Å². The molecule has 106 valence electrons. The van der Waals surface area contributed by atoms with Crippen LogP contribution in [0.5, 0.6) is 0 Å². The second-order valence-electron chi connectivity index (χ2n) is 3.93. The third kappa shape index (κ3) is 3.19. The maximum Gasteiger partial charge on any atom is 0.416 e. The summed E-state index contributed by atoms with van der Waals surface area (Å²) in [6.07, 6.45) is -3.06. The Kier molecular flexibility index (Phi) is 4.12. The van der Waals surface area contributed by atoms with Crippen LogP contribution in [0.15, 0.2) is 34.9 Å². The number of alkyl halides is 3. The molecule has 8 heteroatoms. The summed E-state index contributed by atoms with van der Waals surface area (Å²) < 4.78 is 38.8. The van der Waals surface area contributed by atoms with E-state index in [0.29, 0.717) is 4.47 Å². The highest BCUT2D eigenvalue weighted by Gasteiger charge is 2.32. The molecule has 0 aliphatic carbocycles. The van der Waals surface area contributed by atoms with E-state index in [1.807, 2.05) is 0 Å². The summed E-state index contributed by atoms with van der Waals surface area (Å²) in [7, 11) is 0. The first-order valence-corrected chi connectivity index (χ1v) is 6.31. The number of halogens is 4. The van der Waals surface area contributed by atoms with Crippen LogP contribution in [0, 0.1) is 0 Å². The lowest BCUT2D eigenvalue weighted by Crippen LogP contribution is -2.25. The van der Waals surface area contributed by atoms with Crippen molar-refractivity contribution in [2.24, 2.45) is 0 Å². The number of aromatic nitrogens is 2. The predicted molar refractivity (Wildman–Crippen MR) is 68.9 cm³/mol. The third-order valence-corrected chi connectivity index (χ3v) is 3.18. The van der Waals surface area contributed by atoms with Crippen molar-refractivity contribution < 1.29 is 18.0 Å². The fourth-order valence-electron chi connectivity index (χ4n) is 1.65. The van der Waals surface area contributed by atoms with Crippen LogP contribution in [0.2, 0.25) is 0 Å². The molecule has 1 aromatic carbocycles. The standard InChI is InChI=1S/C12H9BrF3N3O/c13-9-6-18-19-10(9)11(20)17-5-7-3-1-2-4-8(7)12(14,15)16/h1-4,6H,5H2,(H,17,20)(H,18,19). The van der Waals surface area contributed by atoms with Crippen molar-refractivity contribution in [3.8, 4) is 0 Å². The van der Waals surface area contributed by atoms with E-state index in [2.05, 4.69) is 31.4 Å². The largest absolute Gasteiger partial charge is 0.416 e. The zero-order valence-corrected chi connectivity index (χ0v) is 11.5. The maximum atomic E-state index is 12.8. The van der Waals surface area contributed by atoms with Crippen molar-refractivity contribution in [3.05, 3.63) is 51.8 Å². The first-order valence-electron chi connectivity index (χ1n) is 5.51. The van der Waals surface area contributed by atoms with Gasteiger partial charge in [-0.15, -0.1) is 0 Å². The van der Waals surface area contributed by atoms with Gasteiger partial charge in [0.2, 0.25) is 0 Å². The lowest BCUT2D eigenvalue weighted by atomic mass is 10.1. The molecule has 2 N–H and O–H groups in total. The van der Waals surface area contributed by atoms with Gasteiger partial charge in [-0.05, 0) is 27.6 Å². The highest BCUT2D eigenvalue weighted by molar-refractivity contribution is 9.10. The minimum Gasteiger partial charge on any atom is -0.347 e. The van der Waals surface area contributed by atoms with Crippen LogP contribution in [-0.2, 0) is 12.7 Å². The number of benzene rings is 1. The Morgan fingerprint density at radius 2 is 2.05 bits per heavy atom. The fourth-order valence-corrected chi connectivity index (χ4v) is 2.02. The number of carbonyl (C=O) groups is 1. The molecule has 1 heterocycles. The number of rotatable bonds is 3. The normalized spacial score (nSPS) is 11.4. The summed E-state index contributed by atoms with van der Waals surface area (Å²) in [5, 5.41) is 8.51. The van der Waals surface area contributed by atoms with Gasteiger partial charge in [0.1, 0.15) is 5.69 Å². The van der Waals surface area contributed by atoms with E-state index in [1.54, 1.807) is 0 Å². The van der Waals surface area contributed by atoms with Crippen molar-refractivity contribution in [2.45, 2.75) is 12.7 Å². The van der Waals surface area contributed by atoms with Crippen LogP contribution in [-0.4, -0.2) is 16.1 Å². The molecule has 0 bridgehead atoms. The highest BCUT2D eigenvalue weighted by Crippen LogP contribution is 2.31. The summed E-state index contributed by atoms with van der Waals surface area (Å²) in [6.45, 7) is -0.222. The molecule has 20 heavy (non-hydrogen) atoms. The summed E-state index contributed by atoms with van der Waals surface area (Å²) >= 11 is 3.10. The van der Waals surface area contributed by atoms with E-state index < -0.39 is 17.6 Å². The number of hydrogen-bond donors (Lipinski definition) is 2. The lowest BCUT2D eigenvalue weighted by molar-refractivity contribution is -0.138. The van der Waals surface area contributed by atoms with Crippen LogP contribution in [0.1, 0.15) is 21.6 Å². The minimum absolute atomic E-state index is 0.00369. The summed E-state index contributed by atoms with van der Waals surface area (Å²) in [6, 6.07) is 5.10. The highest BCUT2D eigenvalue weighted by atomic mass is 79.9. The van der Waals surface area contributed by atoms with Gasteiger partial charge >= 0.3 is 6.18 Å². The molecular formula is C12H9BrF3N3O. The molecule has 1 aromatic heterocycles. The van der Waals surface area contributed by atoms with Crippen LogP contribution in [0.4, 0.5) is 13.2 Å². The van der Waals surface area contributed by atoms with Gasteiger partial charge in [0.05, 0.1) is 16.2 Å². The van der Waals surface area contributed by atoms with E-state index in [0.717, 1.165) is 6.07 Å². The van der Waals surface area contributed by atoms with Crippen molar-refractivity contribution >= 4 is 21.8 Å². The summed E-state index contributed by atoms with van der Waals surface area (Å²) in [4.78, 5) is 11.8. The molecular weight excluding hydrogens is 339 g/mol. The minimum atomic E-state index is -4.45. The molecule has 0 saturated carbocycles. The molecule has 2 rings (SSSR count). The molecule has 0 radical (unpaired) electrons. The summed E-state index contributed by atoms with van der Waals surface area (Å²) in [5.74, 6) is -0.536. The van der Waals surface area contributed by atoms with Gasteiger partial charge < -0.3 is 5.32 Å². The van der Waals surface area contributed by atoms with E-state index in [1.165, 1.54) is 24.4 Å². The monoisotopic (exact) mass is 347 g/mol.